The largest absolute Gasteiger partial charge is 0.481 e. The highest BCUT2D eigenvalue weighted by Crippen LogP contribution is 2.62. The Kier molecular flexibility index (Phi) is 5.55. The van der Waals surface area contributed by atoms with Crippen molar-refractivity contribution in [1.82, 2.24) is 0 Å². The van der Waals surface area contributed by atoms with Crippen molar-refractivity contribution in [2.45, 2.75) is 17.6 Å². The van der Waals surface area contributed by atoms with E-state index in [4.69, 9.17) is 14.7 Å². The predicted octanol–water partition coefficient (Wildman–Crippen LogP) is 11.1. The number of hydrogen-bond donors (Lipinski definition) is 0. The van der Waals surface area contributed by atoms with Gasteiger partial charge in [-0.15, -0.1) is 0 Å². The van der Waals surface area contributed by atoms with E-state index in [1.165, 1.54) is 60.5 Å². The van der Waals surface area contributed by atoms with E-state index in [0.29, 0.717) is 0 Å². The monoisotopic (exact) mass is 662 g/mol. The van der Waals surface area contributed by atoms with Gasteiger partial charge in [-0.2, -0.15) is 0 Å². The Hall–Kier alpha value is -6.58. The van der Waals surface area contributed by atoms with Crippen molar-refractivity contribution in [2.24, 2.45) is 9.98 Å². The van der Waals surface area contributed by atoms with Gasteiger partial charge in [0.15, 0.2) is 11.9 Å². The van der Waals surface area contributed by atoms with Crippen LogP contribution in [0, 0.1) is 0 Å². The van der Waals surface area contributed by atoms with Crippen molar-refractivity contribution < 1.29 is 4.74 Å². The molecule has 2 heterocycles. The third kappa shape index (κ3) is 3.60. The number of fused-ring (bicyclic) bond motifs is 10. The summed E-state index contributed by atoms with van der Waals surface area (Å²) in [6, 6.07) is 61.5. The van der Waals surface area contributed by atoms with Crippen LogP contribution in [0.2, 0.25) is 0 Å². The van der Waals surface area contributed by atoms with Gasteiger partial charge >= 0.3 is 0 Å². The highest BCUT2D eigenvalue weighted by molar-refractivity contribution is 6.19. The van der Waals surface area contributed by atoms with Gasteiger partial charge in [-0.05, 0) is 84.3 Å². The molecule has 2 aliphatic carbocycles. The second-order valence-corrected chi connectivity index (χ2v) is 14.3. The summed E-state index contributed by atoms with van der Waals surface area (Å²) in [6.45, 7) is 0. The SMILES string of the molecule is c1ccc(-c2cccc(C3=NC(c4ccc5c(c4)-c4ccccc4C54c5cccc6ccc7cccc4c7c56)=NC4c5ccccc5OC34)c2)cc1. The lowest BCUT2D eigenvalue weighted by molar-refractivity contribution is 0.275. The van der Waals surface area contributed by atoms with Crippen molar-refractivity contribution >= 4 is 33.1 Å². The first kappa shape index (κ1) is 28.2. The second kappa shape index (κ2) is 10.2. The number of hydrogen-bond acceptors (Lipinski definition) is 3. The van der Waals surface area contributed by atoms with Gasteiger partial charge in [0, 0.05) is 16.7 Å². The summed E-state index contributed by atoms with van der Waals surface area (Å²) >= 11 is 0. The molecule has 1 spiro atoms. The minimum absolute atomic E-state index is 0.189. The van der Waals surface area contributed by atoms with Gasteiger partial charge < -0.3 is 4.74 Å². The maximum Gasteiger partial charge on any atom is 0.168 e. The van der Waals surface area contributed by atoms with Gasteiger partial charge in [0.2, 0.25) is 0 Å². The molecule has 0 aromatic heterocycles. The van der Waals surface area contributed by atoms with Crippen LogP contribution in [0.4, 0.5) is 0 Å². The van der Waals surface area contributed by atoms with Gasteiger partial charge in [-0.25, -0.2) is 4.99 Å². The molecular weight excluding hydrogens is 633 g/mol. The average Bonchev–Trinajstić information content (AvgIpc) is 3.85. The molecule has 0 fully saturated rings. The number of amidine groups is 1. The first-order valence-electron chi connectivity index (χ1n) is 18.1. The summed E-state index contributed by atoms with van der Waals surface area (Å²) in [4.78, 5) is 10.8. The average molecular weight is 663 g/mol. The van der Waals surface area contributed by atoms with E-state index in [9.17, 15) is 0 Å². The molecule has 0 saturated carbocycles. The summed E-state index contributed by atoms with van der Waals surface area (Å²) in [5, 5.41) is 5.33. The van der Waals surface area contributed by atoms with Crippen LogP contribution in [0.25, 0.3) is 43.8 Å². The number of benzene rings is 8. The molecule has 12 rings (SSSR count). The molecule has 2 atom stereocenters. The molecular formula is C49H30N2O. The van der Waals surface area contributed by atoms with Crippen LogP contribution in [0.5, 0.6) is 5.75 Å². The van der Waals surface area contributed by atoms with Crippen molar-refractivity contribution in [1.29, 1.82) is 0 Å². The van der Waals surface area contributed by atoms with Crippen LogP contribution < -0.4 is 4.74 Å². The molecule has 4 aliphatic rings. The molecule has 3 heteroatoms. The van der Waals surface area contributed by atoms with Crippen LogP contribution >= 0.6 is 0 Å². The number of ether oxygens (including phenoxy) is 1. The summed E-state index contributed by atoms with van der Waals surface area (Å²) < 4.78 is 6.64. The van der Waals surface area contributed by atoms with Crippen LogP contribution in [-0.2, 0) is 5.41 Å². The maximum absolute atomic E-state index is 6.64. The van der Waals surface area contributed by atoms with Gasteiger partial charge in [0.05, 0.1) is 11.1 Å². The van der Waals surface area contributed by atoms with Crippen LogP contribution in [0.1, 0.15) is 45.0 Å². The number of para-hydroxylation sites is 1. The van der Waals surface area contributed by atoms with Crippen molar-refractivity contribution in [3.8, 4) is 28.0 Å². The van der Waals surface area contributed by atoms with Crippen molar-refractivity contribution in [3.05, 3.63) is 209 Å². The van der Waals surface area contributed by atoms with Gasteiger partial charge in [-0.3, -0.25) is 4.99 Å². The molecule has 8 aromatic rings. The molecule has 2 aliphatic heterocycles. The number of nitrogens with zero attached hydrogens (tertiary/aromatic N) is 2. The van der Waals surface area contributed by atoms with Gasteiger partial charge in [0.25, 0.3) is 0 Å². The molecule has 0 amide bonds. The zero-order chi connectivity index (χ0) is 34.0. The van der Waals surface area contributed by atoms with E-state index >= 15 is 0 Å². The van der Waals surface area contributed by atoms with E-state index in [-0.39, 0.29) is 12.1 Å². The highest BCUT2D eigenvalue weighted by Gasteiger charge is 2.51. The molecule has 0 N–H and O–H groups in total. The standard InChI is InChI=1S/C49H30N2O/c1-2-11-29(12-3-1)32-15-8-16-33(27-32)45-47-46(36-18-5-7-22-42(36)52-47)51-48(50-45)34-25-26-39-37(28-34)35-17-4-6-19-38(35)49(39)40-20-9-13-30-23-24-31-14-10-21-41(49)44(31)43(30)40/h1-28,46-47H. The lowest BCUT2D eigenvalue weighted by Crippen LogP contribution is -2.34. The molecule has 52 heavy (non-hydrogen) atoms. The molecule has 3 nitrogen and oxygen atoms in total. The minimum atomic E-state index is -0.392. The first-order valence-corrected chi connectivity index (χ1v) is 18.1. The molecule has 0 bridgehead atoms. The van der Waals surface area contributed by atoms with Crippen LogP contribution in [0.3, 0.4) is 0 Å². The summed E-state index contributed by atoms with van der Waals surface area (Å²) in [5.74, 6) is 1.62. The normalized spacial score (nSPS) is 18.2. The van der Waals surface area contributed by atoms with Crippen molar-refractivity contribution in [2.75, 3.05) is 0 Å². The summed E-state index contributed by atoms with van der Waals surface area (Å²) in [7, 11) is 0. The first-order chi connectivity index (χ1) is 25.8. The molecule has 8 aromatic carbocycles. The summed E-state index contributed by atoms with van der Waals surface area (Å²) in [6.07, 6.45) is -0.302. The number of aliphatic imine (C=N–C) groups is 2. The lowest BCUT2D eigenvalue weighted by Gasteiger charge is -2.31. The second-order valence-electron chi connectivity index (χ2n) is 14.3. The molecule has 0 radical (unpaired) electrons. The molecule has 242 valence electrons. The van der Waals surface area contributed by atoms with Gasteiger partial charge in [-0.1, -0.05) is 152 Å². The van der Waals surface area contributed by atoms with E-state index in [1.807, 2.05) is 12.1 Å². The van der Waals surface area contributed by atoms with Crippen LogP contribution in [-0.4, -0.2) is 17.7 Å². The Morgan fingerprint density at radius 1 is 0.462 bits per heavy atom. The molecule has 0 saturated heterocycles. The molecule has 2 unspecified atom stereocenters. The topological polar surface area (TPSA) is 34.0 Å². The fourth-order valence-electron chi connectivity index (χ4n) is 9.66. The zero-order valence-electron chi connectivity index (χ0n) is 28.1. The highest BCUT2D eigenvalue weighted by atomic mass is 16.5. The quantitative estimate of drug-likeness (QED) is 0.173. The van der Waals surface area contributed by atoms with Crippen molar-refractivity contribution in [3.63, 3.8) is 0 Å². The van der Waals surface area contributed by atoms with E-state index in [1.54, 1.807) is 0 Å². The zero-order valence-corrected chi connectivity index (χ0v) is 28.1. The van der Waals surface area contributed by atoms with E-state index in [2.05, 4.69) is 158 Å². The van der Waals surface area contributed by atoms with Crippen LogP contribution in [0.15, 0.2) is 180 Å². The van der Waals surface area contributed by atoms with Gasteiger partial charge in [0.1, 0.15) is 11.8 Å². The Bertz CT molecular complexity index is 2840. The Labute approximate surface area is 301 Å². The van der Waals surface area contributed by atoms with E-state index < -0.39 is 5.41 Å². The predicted molar refractivity (Wildman–Crippen MR) is 211 cm³/mol. The Balaban J connectivity index is 1.07. The lowest BCUT2D eigenvalue weighted by atomic mass is 9.70. The Morgan fingerprint density at radius 2 is 1.12 bits per heavy atom. The number of rotatable bonds is 3. The smallest absolute Gasteiger partial charge is 0.168 e. The fraction of sp³-hybridized carbons (Fsp3) is 0.0612. The summed E-state index contributed by atoms with van der Waals surface area (Å²) in [5.41, 5.74) is 13.9. The fourth-order valence-corrected chi connectivity index (χ4v) is 9.66. The third-order valence-corrected chi connectivity index (χ3v) is 11.8. The third-order valence-electron chi connectivity index (χ3n) is 11.8. The minimum Gasteiger partial charge on any atom is -0.481 e. The Morgan fingerprint density at radius 3 is 1.94 bits per heavy atom. The van der Waals surface area contributed by atoms with E-state index in [0.717, 1.165) is 39.6 Å². The maximum atomic E-state index is 6.64.